The Hall–Kier alpha value is -0.610. The minimum atomic E-state index is -0.247. The van der Waals surface area contributed by atoms with Gasteiger partial charge in [-0.1, -0.05) is 0 Å². The quantitative estimate of drug-likeness (QED) is 0.616. The minimum Gasteiger partial charge on any atom is -0.369 e. The number of carbonyl (C=O) groups excluding carboxylic acids is 1. The molecule has 4 heteroatoms. The van der Waals surface area contributed by atoms with Crippen molar-refractivity contribution in [3.8, 4) is 0 Å². The predicted octanol–water partition coefficient (Wildman–Crippen LogP) is -0.612. The van der Waals surface area contributed by atoms with Gasteiger partial charge < -0.3 is 16.4 Å². The van der Waals surface area contributed by atoms with E-state index in [-0.39, 0.29) is 11.8 Å². The van der Waals surface area contributed by atoms with E-state index >= 15 is 0 Å². The lowest BCUT2D eigenvalue weighted by atomic mass is 9.85. The summed E-state index contributed by atoms with van der Waals surface area (Å²) in [5.41, 5.74) is 10.8. The smallest absolute Gasteiger partial charge is 0.222 e. The van der Waals surface area contributed by atoms with E-state index in [4.69, 9.17) is 11.5 Å². The molecule has 1 amide bonds. The monoisotopic (exact) mass is 185 g/mol. The molecular weight excluding hydrogens is 166 g/mol. The number of rotatable bonds is 3. The standard InChI is InChI=1S/C9H19N3O/c1-12-4-2-3-7(6-12)8(5-10)9(11)13/h7-8H,2-6,10H2,1H3,(H2,11,13)/t7-,8-/m0/s1. The van der Waals surface area contributed by atoms with Crippen LogP contribution in [0.4, 0.5) is 0 Å². The van der Waals surface area contributed by atoms with Gasteiger partial charge in [-0.15, -0.1) is 0 Å². The van der Waals surface area contributed by atoms with E-state index < -0.39 is 0 Å². The van der Waals surface area contributed by atoms with Gasteiger partial charge in [0, 0.05) is 13.1 Å². The lowest BCUT2D eigenvalue weighted by Crippen LogP contribution is -2.43. The molecule has 1 aliphatic rings. The molecular formula is C9H19N3O. The van der Waals surface area contributed by atoms with Crippen molar-refractivity contribution in [2.45, 2.75) is 12.8 Å². The number of hydrogen-bond donors (Lipinski definition) is 2. The average Bonchev–Trinajstić information content (AvgIpc) is 2.04. The lowest BCUT2D eigenvalue weighted by molar-refractivity contribution is -0.123. The van der Waals surface area contributed by atoms with Gasteiger partial charge in [-0.3, -0.25) is 4.79 Å². The zero-order valence-corrected chi connectivity index (χ0v) is 8.20. The van der Waals surface area contributed by atoms with Gasteiger partial charge in [0.05, 0.1) is 5.92 Å². The summed E-state index contributed by atoms with van der Waals surface area (Å²) in [6.45, 7) is 2.45. The van der Waals surface area contributed by atoms with Crippen LogP contribution in [0, 0.1) is 11.8 Å². The van der Waals surface area contributed by atoms with Crippen LogP contribution in [0.5, 0.6) is 0 Å². The molecule has 0 unspecified atom stereocenters. The van der Waals surface area contributed by atoms with Crippen LogP contribution < -0.4 is 11.5 Å². The maximum Gasteiger partial charge on any atom is 0.222 e. The highest BCUT2D eigenvalue weighted by molar-refractivity contribution is 5.77. The Bertz CT molecular complexity index is 184. The van der Waals surface area contributed by atoms with Crippen molar-refractivity contribution >= 4 is 5.91 Å². The van der Waals surface area contributed by atoms with Crippen molar-refractivity contribution in [1.29, 1.82) is 0 Å². The zero-order valence-electron chi connectivity index (χ0n) is 8.20. The maximum atomic E-state index is 11.1. The van der Waals surface area contributed by atoms with E-state index in [0.29, 0.717) is 12.5 Å². The minimum absolute atomic E-state index is 0.136. The van der Waals surface area contributed by atoms with Crippen LogP contribution in [-0.4, -0.2) is 37.5 Å². The number of piperidine rings is 1. The van der Waals surface area contributed by atoms with Gasteiger partial charge >= 0.3 is 0 Å². The Morgan fingerprint density at radius 3 is 2.85 bits per heavy atom. The number of carbonyl (C=O) groups is 1. The molecule has 0 aromatic carbocycles. The molecule has 0 saturated carbocycles. The van der Waals surface area contributed by atoms with Crippen molar-refractivity contribution in [1.82, 2.24) is 4.90 Å². The predicted molar refractivity (Wildman–Crippen MR) is 52.0 cm³/mol. The van der Waals surface area contributed by atoms with Crippen molar-refractivity contribution in [2.24, 2.45) is 23.3 Å². The Morgan fingerprint density at radius 2 is 2.38 bits per heavy atom. The third-order valence-corrected chi connectivity index (χ3v) is 2.85. The van der Waals surface area contributed by atoms with E-state index in [1.54, 1.807) is 0 Å². The molecule has 1 aliphatic heterocycles. The molecule has 13 heavy (non-hydrogen) atoms. The van der Waals surface area contributed by atoms with E-state index in [1.165, 1.54) is 0 Å². The summed E-state index contributed by atoms with van der Waals surface area (Å²) < 4.78 is 0. The fourth-order valence-corrected chi connectivity index (χ4v) is 2.08. The first-order chi connectivity index (χ1) is 6.15. The highest BCUT2D eigenvalue weighted by Crippen LogP contribution is 2.22. The van der Waals surface area contributed by atoms with Crippen molar-refractivity contribution in [3.63, 3.8) is 0 Å². The van der Waals surface area contributed by atoms with Gasteiger partial charge in [-0.05, 0) is 32.4 Å². The first-order valence-corrected chi connectivity index (χ1v) is 4.83. The van der Waals surface area contributed by atoms with Crippen molar-refractivity contribution in [3.05, 3.63) is 0 Å². The van der Waals surface area contributed by atoms with Gasteiger partial charge in [0.25, 0.3) is 0 Å². The van der Waals surface area contributed by atoms with Crippen LogP contribution in [0.15, 0.2) is 0 Å². The lowest BCUT2D eigenvalue weighted by Gasteiger charge is -2.33. The van der Waals surface area contributed by atoms with Gasteiger partial charge in [-0.2, -0.15) is 0 Å². The molecule has 0 spiro atoms. The largest absolute Gasteiger partial charge is 0.369 e. The van der Waals surface area contributed by atoms with Gasteiger partial charge in [-0.25, -0.2) is 0 Å². The summed E-state index contributed by atoms with van der Waals surface area (Å²) in [6, 6.07) is 0. The van der Waals surface area contributed by atoms with E-state index in [9.17, 15) is 4.79 Å². The van der Waals surface area contributed by atoms with Crippen LogP contribution >= 0.6 is 0 Å². The fourth-order valence-electron chi connectivity index (χ4n) is 2.08. The third kappa shape index (κ3) is 2.67. The van der Waals surface area contributed by atoms with Crippen molar-refractivity contribution in [2.75, 3.05) is 26.7 Å². The SMILES string of the molecule is CN1CCC[C@H]([C@H](CN)C(N)=O)C1. The third-order valence-electron chi connectivity index (χ3n) is 2.85. The Kier molecular flexibility index (Phi) is 3.69. The summed E-state index contributed by atoms with van der Waals surface area (Å²) in [7, 11) is 2.07. The van der Waals surface area contributed by atoms with Crippen molar-refractivity contribution < 1.29 is 4.79 Å². The van der Waals surface area contributed by atoms with E-state index in [1.807, 2.05) is 0 Å². The molecule has 0 radical (unpaired) electrons. The second-order valence-electron chi connectivity index (χ2n) is 3.91. The highest BCUT2D eigenvalue weighted by atomic mass is 16.1. The first-order valence-electron chi connectivity index (χ1n) is 4.83. The summed E-state index contributed by atoms with van der Waals surface area (Å²) in [6.07, 6.45) is 2.22. The Morgan fingerprint density at radius 1 is 1.69 bits per heavy atom. The summed E-state index contributed by atoms with van der Waals surface area (Å²) in [4.78, 5) is 13.3. The molecule has 4 nitrogen and oxygen atoms in total. The topological polar surface area (TPSA) is 72.3 Å². The normalized spacial score (nSPS) is 27.1. The van der Waals surface area contributed by atoms with Gasteiger partial charge in [0.1, 0.15) is 0 Å². The number of hydrogen-bond acceptors (Lipinski definition) is 3. The first kappa shape index (κ1) is 10.5. The van der Waals surface area contributed by atoms with E-state index in [0.717, 1.165) is 25.9 Å². The van der Waals surface area contributed by atoms with E-state index in [2.05, 4.69) is 11.9 Å². The highest BCUT2D eigenvalue weighted by Gasteiger charge is 2.28. The summed E-state index contributed by atoms with van der Waals surface area (Å²) in [5, 5.41) is 0. The fraction of sp³-hybridized carbons (Fsp3) is 0.889. The average molecular weight is 185 g/mol. The van der Waals surface area contributed by atoms with Crippen LogP contribution in [0.3, 0.4) is 0 Å². The van der Waals surface area contributed by atoms with Crippen LogP contribution in [0.2, 0.25) is 0 Å². The number of primary amides is 1. The zero-order chi connectivity index (χ0) is 9.84. The van der Waals surface area contributed by atoms with Crippen LogP contribution in [0.25, 0.3) is 0 Å². The van der Waals surface area contributed by atoms with Crippen LogP contribution in [-0.2, 0) is 4.79 Å². The van der Waals surface area contributed by atoms with Gasteiger partial charge in [0.2, 0.25) is 5.91 Å². The number of amides is 1. The van der Waals surface area contributed by atoms with Gasteiger partial charge in [0.15, 0.2) is 0 Å². The number of nitrogens with two attached hydrogens (primary N) is 2. The summed E-state index contributed by atoms with van der Waals surface area (Å²) in [5.74, 6) is -0.0215. The van der Waals surface area contributed by atoms with Crippen LogP contribution in [0.1, 0.15) is 12.8 Å². The second-order valence-corrected chi connectivity index (χ2v) is 3.91. The molecule has 1 fully saturated rings. The maximum absolute atomic E-state index is 11.1. The summed E-state index contributed by atoms with van der Waals surface area (Å²) >= 11 is 0. The molecule has 0 aliphatic carbocycles. The Labute approximate surface area is 79.3 Å². The molecule has 1 rings (SSSR count). The second kappa shape index (κ2) is 4.58. The molecule has 2 atom stereocenters. The Balaban J connectivity index is 2.52. The molecule has 0 bridgehead atoms. The molecule has 1 heterocycles. The molecule has 1 saturated heterocycles. The number of nitrogens with zero attached hydrogens (tertiary/aromatic N) is 1. The molecule has 0 aromatic rings. The molecule has 76 valence electrons. The molecule has 4 N–H and O–H groups in total. The molecule has 0 aromatic heterocycles. The number of likely N-dealkylation sites (tertiary alicyclic amines) is 1.